The largest absolute Gasteiger partial charge is 0.372 e. The predicted molar refractivity (Wildman–Crippen MR) is 91.5 cm³/mol. The summed E-state index contributed by atoms with van der Waals surface area (Å²) in [7, 11) is 1.85. The summed E-state index contributed by atoms with van der Waals surface area (Å²) in [5.41, 5.74) is 5.25. The summed E-state index contributed by atoms with van der Waals surface area (Å²) in [5.74, 6) is 1.66. The molecule has 3 fully saturated rings. The lowest BCUT2D eigenvalue weighted by molar-refractivity contribution is -0.167. The van der Waals surface area contributed by atoms with Crippen molar-refractivity contribution in [2.45, 2.75) is 37.7 Å². The average molecular weight is 334 g/mol. The van der Waals surface area contributed by atoms with Gasteiger partial charge in [0.15, 0.2) is 0 Å². The van der Waals surface area contributed by atoms with E-state index in [9.17, 15) is 4.79 Å². The van der Waals surface area contributed by atoms with Gasteiger partial charge in [-0.15, -0.1) is 11.3 Å². The number of nitrogens with zero attached hydrogens (tertiary/aromatic N) is 1. The molecule has 3 aliphatic rings. The van der Waals surface area contributed by atoms with Crippen LogP contribution in [0.2, 0.25) is 0 Å². The fourth-order valence-electron chi connectivity index (χ4n) is 4.86. The van der Waals surface area contributed by atoms with Gasteiger partial charge in [0.2, 0.25) is 0 Å². The van der Waals surface area contributed by atoms with Gasteiger partial charge in [-0.2, -0.15) is 0 Å². The zero-order chi connectivity index (χ0) is 16.0. The second-order valence-corrected chi connectivity index (χ2v) is 8.60. The van der Waals surface area contributed by atoms with E-state index in [1.807, 2.05) is 13.2 Å². The van der Waals surface area contributed by atoms with Crippen molar-refractivity contribution in [3.8, 4) is 0 Å². The second-order valence-electron chi connectivity index (χ2n) is 7.51. The Hall–Kier alpha value is -0.910. The van der Waals surface area contributed by atoms with Crippen LogP contribution in [-0.2, 0) is 10.3 Å². The summed E-state index contributed by atoms with van der Waals surface area (Å²) in [6.07, 6.45) is 6.55. The number of rotatable bonds is 5. The maximum atomic E-state index is 11.5. The third-order valence-electron chi connectivity index (χ3n) is 6.06. The van der Waals surface area contributed by atoms with E-state index in [0.29, 0.717) is 16.7 Å². The summed E-state index contributed by atoms with van der Waals surface area (Å²) < 4.78 is 6.23. The van der Waals surface area contributed by atoms with Crippen LogP contribution in [0.5, 0.6) is 0 Å². The zero-order valence-electron chi connectivity index (χ0n) is 13.8. The number of carbonyl (C=O) groups excluding carboxylic acids is 1. The van der Waals surface area contributed by atoms with Gasteiger partial charge < -0.3 is 15.4 Å². The normalized spacial score (nSPS) is 34.5. The SMILES string of the molecule is COC1(c2ccc(C(N)=O)s2)C2CCCC1CN(CC1CC1)C2. The molecule has 4 nitrogen and oxygen atoms in total. The highest BCUT2D eigenvalue weighted by molar-refractivity contribution is 7.14. The Balaban J connectivity index is 1.64. The van der Waals surface area contributed by atoms with Crippen molar-refractivity contribution in [3.63, 3.8) is 0 Å². The molecule has 5 heteroatoms. The monoisotopic (exact) mass is 334 g/mol. The van der Waals surface area contributed by atoms with Crippen molar-refractivity contribution in [1.29, 1.82) is 0 Å². The number of hydrogen-bond donors (Lipinski definition) is 1. The molecular weight excluding hydrogens is 308 g/mol. The fourth-order valence-corrected chi connectivity index (χ4v) is 6.04. The van der Waals surface area contributed by atoms with Gasteiger partial charge in [-0.05, 0) is 43.7 Å². The molecule has 0 radical (unpaired) electrons. The predicted octanol–water partition coefficient (Wildman–Crippen LogP) is 2.83. The van der Waals surface area contributed by atoms with Crippen LogP contribution in [0.4, 0.5) is 0 Å². The van der Waals surface area contributed by atoms with Gasteiger partial charge in [0, 0.05) is 43.5 Å². The third-order valence-corrected chi connectivity index (χ3v) is 7.29. The Kier molecular flexibility index (Phi) is 3.98. The molecule has 4 rings (SSSR count). The number of thiophene rings is 1. The quantitative estimate of drug-likeness (QED) is 0.901. The molecule has 2 heterocycles. The number of primary amides is 1. The van der Waals surface area contributed by atoms with Gasteiger partial charge >= 0.3 is 0 Å². The Morgan fingerprint density at radius 3 is 2.52 bits per heavy atom. The molecule has 1 aromatic heterocycles. The second kappa shape index (κ2) is 5.87. The molecule has 1 amide bonds. The first-order valence-electron chi connectivity index (χ1n) is 8.81. The minimum Gasteiger partial charge on any atom is -0.372 e. The van der Waals surface area contributed by atoms with Crippen molar-refractivity contribution in [3.05, 3.63) is 21.9 Å². The van der Waals surface area contributed by atoms with Crippen LogP contribution in [0, 0.1) is 17.8 Å². The van der Waals surface area contributed by atoms with E-state index in [-0.39, 0.29) is 11.5 Å². The van der Waals surface area contributed by atoms with Gasteiger partial charge in [-0.3, -0.25) is 4.79 Å². The first-order chi connectivity index (χ1) is 11.1. The van der Waals surface area contributed by atoms with Crippen LogP contribution < -0.4 is 5.73 Å². The van der Waals surface area contributed by atoms with E-state index in [4.69, 9.17) is 10.5 Å². The Bertz CT molecular complexity index is 582. The van der Waals surface area contributed by atoms with Gasteiger partial charge in [-0.1, -0.05) is 6.42 Å². The number of fused-ring (bicyclic) bond motifs is 2. The van der Waals surface area contributed by atoms with Crippen LogP contribution in [-0.4, -0.2) is 37.6 Å². The first kappa shape index (κ1) is 15.6. The molecule has 2 saturated carbocycles. The maximum Gasteiger partial charge on any atom is 0.258 e. The highest BCUT2D eigenvalue weighted by Gasteiger charge is 2.54. The number of ether oxygens (including phenoxy) is 1. The number of hydrogen-bond acceptors (Lipinski definition) is 4. The van der Waals surface area contributed by atoms with Crippen LogP contribution >= 0.6 is 11.3 Å². The van der Waals surface area contributed by atoms with E-state index in [1.165, 1.54) is 54.9 Å². The number of methoxy groups -OCH3 is 1. The van der Waals surface area contributed by atoms with E-state index in [2.05, 4.69) is 11.0 Å². The van der Waals surface area contributed by atoms with Crippen LogP contribution in [0.1, 0.15) is 46.7 Å². The first-order valence-corrected chi connectivity index (χ1v) is 9.62. The van der Waals surface area contributed by atoms with Crippen molar-refractivity contribution >= 4 is 17.2 Å². The topological polar surface area (TPSA) is 55.6 Å². The molecule has 23 heavy (non-hydrogen) atoms. The lowest BCUT2D eigenvalue weighted by Gasteiger charge is -2.55. The lowest BCUT2D eigenvalue weighted by atomic mass is 9.64. The highest BCUT2D eigenvalue weighted by atomic mass is 32.1. The molecule has 2 bridgehead atoms. The lowest BCUT2D eigenvalue weighted by Crippen LogP contribution is -2.59. The molecule has 1 aliphatic heterocycles. The van der Waals surface area contributed by atoms with Crippen molar-refractivity contribution in [2.24, 2.45) is 23.5 Å². The van der Waals surface area contributed by atoms with Crippen molar-refractivity contribution < 1.29 is 9.53 Å². The number of piperidine rings is 1. The molecule has 0 spiro atoms. The van der Waals surface area contributed by atoms with E-state index in [0.717, 1.165) is 19.0 Å². The van der Waals surface area contributed by atoms with E-state index in [1.54, 1.807) is 0 Å². The zero-order valence-corrected chi connectivity index (χ0v) is 14.6. The van der Waals surface area contributed by atoms with E-state index < -0.39 is 0 Å². The Morgan fingerprint density at radius 1 is 1.30 bits per heavy atom. The molecule has 1 aromatic rings. The summed E-state index contributed by atoms with van der Waals surface area (Å²) in [6.45, 7) is 3.53. The Labute approximate surface area is 142 Å². The van der Waals surface area contributed by atoms with E-state index >= 15 is 0 Å². The van der Waals surface area contributed by atoms with Crippen molar-refractivity contribution in [1.82, 2.24) is 4.90 Å². The molecule has 2 unspecified atom stereocenters. The third kappa shape index (κ3) is 2.63. The van der Waals surface area contributed by atoms with Crippen LogP contribution in [0.25, 0.3) is 0 Å². The summed E-state index contributed by atoms with van der Waals surface area (Å²) in [6, 6.07) is 3.95. The number of amides is 1. The number of likely N-dealkylation sites (tertiary alicyclic amines) is 1. The summed E-state index contributed by atoms with van der Waals surface area (Å²) >= 11 is 1.54. The molecule has 2 aliphatic carbocycles. The smallest absolute Gasteiger partial charge is 0.258 e. The number of carbonyl (C=O) groups is 1. The standard InChI is InChI=1S/C18H26N2O2S/c1-22-18(16-8-7-15(23-16)17(19)21)13-3-2-4-14(18)11-20(10-13)9-12-5-6-12/h7-8,12-14H,2-6,9-11H2,1H3,(H2,19,21). The van der Waals surface area contributed by atoms with Crippen LogP contribution in [0.15, 0.2) is 12.1 Å². The molecular formula is C18H26N2O2S. The van der Waals surface area contributed by atoms with Gasteiger partial charge in [-0.25, -0.2) is 0 Å². The minimum absolute atomic E-state index is 0.212. The minimum atomic E-state index is -0.330. The van der Waals surface area contributed by atoms with Gasteiger partial charge in [0.05, 0.1) is 4.88 Å². The summed E-state index contributed by atoms with van der Waals surface area (Å²) in [5, 5.41) is 0. The molecule has 1 saturated heterocycles. The van der Waals surface area contributed by atoms with Crippen LogP contribution in [0.3, 0.4) is 0 Å². The van der Waals surface area contributed by atoms with Crippen molar-refractivity contribution in [2.75, 3.05) is 26.7 Å². The molecule has 0 aromatic carbocycles. The average Bonchev–Trinajstić information content (AvgIpc) is 3.18. The fraction of sp³-hybridized carbons (Fsp3) is 0.722. The Morgan fingerprint density at radius 2 is 2.00 bits per heavy atom. The van der Waals surface area contributed by atoms with Gasteiger partial charge in [0.25, 0.3) is 5.91 Å². The molecule has 2 atom stereocenters. The number of nitrogens with two attached hydrogens (primary N) is 1. The molecule has 126 valence electrons. The van der Waals surface area contributed by atoms with Gasteiger partial charge in [0.1, 0.15) is 5.60 Å². The maximum absolute atomic E-state index is 11.5. The molecule has 2 N–H and O–H groups in total. The summed E-state index contributed by atoms with van der Waals surface area (Å²) in [4.78, 5) is 16.0. The highest BCUT2D eigenvalue weighted by Crippen LogP contribution is 2.53.